The van der Waals surface area contributed by atoms with Crippen molar-refractivity contribution < 1.29 is 15.0 Å². The molecule has 0 fully saturated rings. The van der Waals surface area contributed by atoms with Crippen molar-refractivity contribution in [2.45, 2.75) is 12.5 Å². The van der Waals surface area contributed by atoms with Crippen molar-refractivity contribution >= 4 is 16.8 Å². The molecule has 5 N–H and O–H groups in total. The second-order valence-electron chi connectivity index (χ2n) is 4.94. The summed E-state index contributed by atoms with van der Waals surface area (Å²) in [7, 11) is 0. The number of benzene rings is 1. The molecule has 0 aliphatic carbocycles. The molecule has 1 atom stereocenters. The second kappa shape index (κ2) is 7.21. The van der Waals surface area contributed by atoms with Crippen molar-refractivity contribution in [1.82, 2.24) is 9.88 Å². The number of nitrogens with two attached hydrogens (primary N) is 1. The lowest BCUT2D eigenvalue weighted by Crippen LogP contribution is -2.47. The Kier molecular flexibility index (Phi) is 5.32. The molecule has 1 aromatic heterocycles. The minimum Gasteiger partial charge on any atom is -0.395 e. The molecule has 6 nitrogen and oxygen atoms in total. The Morgan fingerprint density at radius 3 is 2.57 bits per heavy atom. The summed E-state index contributed by atoms with van der Waals surface area (Å²) in [6.45, 7) is 0.0685. The fourth-order valence-electron chi connectivity index (χ4n) is 2.43. The summed E-state index contributed by atoms with van der Waals surface area (Å²) in [6.07, 6.45) is 2.27. The first-order valence-electron chi connectivity index (χ1n) is 6.98. The number of hydrogen-bond donors (Lipinski definition) is 4. The number of para-hydroxylation sites is 1. The molecule has 0 bridgehead atoms. The van der Waals surface area contributed by atoms with Crippen LogP contribution in [-0.2, 0) is 11.2 Å². The Bertz CT molecular complexity index is 591. The lowest BCUT2D eigenvalue weighted by Gasteiger charge is -2.24. The van der Waals surface area contributed by atoms with Gasteiger partial charge in [-0.2, -0.15) is 0 Å². The molecule has 0 saturated carbocycles. The van der Waals surface area contributed by atoms with Gasteiger partial charge in [-0.3, -0.25) is 4.79 Å². The smallest absolute Gasteiger partial charge is 0.239 e. The van der Waals surface area contributed by atoms with E-state index in [4.69, 9.17) is 15.9 Å². The van der Waals surface area contributed by atoms with Crippen molar-refractivity contribution in [1.29, 1.82) is 0 Å². The summed E-state index contributed by atoms with van der Waals surface area (Å²) in [6, 6.07) is 7.14. The van der Waals surface area contributed by atoms with E-state index in [1.807, 2.05) is 30.5 Å². The lowest BCUT2D eigenvalue weighted by atomic mass is 10.0. The Hall–Kier alpha value is -1.89. The van der Waals surface area contributed by atoms with E-state index in [0.29, 0.717) is 6.42 Å². The molecule has 0 aliphatic rings. The molecular weight excluding hydrogens is 270 g/mol. The molecule has 0 radical (unpaired) electrons. The first-order chi connectivity index (χ1) is 10.2. The molecule has 1 aromatic carbocycles. The molecule has 0 unspecified atom stereocenters. The highest BCUT2D eigenvalue weighted by Crippen LogP contribution is 2.19. The molecule has 2 rings (SSSR count). The number of aliphatic hydroxyl groups excluding tert-OH is 2. The molecule has 114 valence electrons. The molecule has 0 aliphatic heterocycles. The minimum atomic E-state index is -0.692. The van der Waals surface area contributed by atoms with E-state index in [0.717, 1.165) is 16.5 Å². The fraction of sp³-hybridized carbons (Fsp3) is 0.400. The topological polar surface area (TPSA) is 103 Å². The van der Waals surface area contributed by atoms with Crippen molar-refractivity contribution in [3.63, 3.8) is 0 Å². The van der Waals surface area contributed by atoms with Crippen LogP contribution in [0.25, 0.3) is 10.9 Å². The van der Waals surface area contributed by atoms with Crippen LogP contribution in [0, 0.1) is 0 Å². The summed E-state index contributed by atoms with van der Waals surface area (Å²) in [5, 5.41) is 19.0. The summed E-state index contributed by atoms with van der Waals surface area (Å²) >= 11 is 0. The van der Waals surface area contributed by atoms with Gasteiger partial charge in [-0.25, -0.2) is 0 Å². The number of rotatable bonds is 7. The first-order valence-corrected chi connectivity index (χ1v) is 6.98. The number of nitrogens with one attached hydrogen (secondary N) is 1. The van der Waals surface area contributed by atoms with Crippen molar-refractivity contribution in [3.05, 3.63) is 36.0 Å². The summed E-state index contributed by atoms with van der Waals surface area (Å²) in [5.41, 5.74) is 7.99. The molecule has 2 aromatic rings. The SMILES string of the molecule is N[C@H](Cc1c[nH]c2ccccc12)C(=O)N(CCO)CCO. The number of carbonyl (C=O) groups excluding carboxylic acids is 1. The quantitative estimate of drug-likeness (QED) is 0.569. The Labute approximate surface area is 123 Å². The van der Waals surface area contributed by atoms with Crippen molar-refractivity contribution in [2.24, 2.45) is 5.73 Å². The third-order valence-corrected chi connectivity index (χ3v) is 3.48. The number of amides is 1. The summed E-state index contributed by atoms with van der Waals surface area (Å²) in [5.74, 6) is -0.261. The average Bonchev–Trinajstić information content (AvgIpc) is 2.89. The third kappa shape index (κ3) is 3.60. The monoisotopic (exact) mass is 291 g/mol. The van der Waals surface area contributed by atoms with Crippen molar-refractivity contribution in [2.75, 3.05) is 26.3 Å². The van der Waals surface area contributed by atoms with E-state index in [-0.39, 0.29) is 32.2 Å². The number of carbonyl (C=O) groups is 1. The Morgan fingerprint density at radius 2 is 1.90 bits per heavy atom. The van der Waals surface area contributed by atoms with Gasteiger partial charge in [-0.05, 0) is 18.1 Å². The molecule has 6 heteroatoms. The van der Waals surface area contributed by atoms with E-state index < -0.39 is 6.04 Å². The van der Waals surface area contributed by atoms with E-state index >= 15 is 0 Å². The summed E-state index contributed by atoms with van der Waals surface area (Å²) < 4.78 is 0. The average molecular weight is 291 g/mol. The highest BCUT2D eigenvalue weighted by Gasteiger charge is 2.21. The zero-order valence-corrected chi connectivity index (χ0v) is 11.8. The van der Waals surface area contributed by atoms with Crippen LogP contribution in [0.5, 0.6) is 0 Å². The molecule has 1 heterocycles. The highest BCUT2D eigenvalue weighted by atomic mass is 16.3. The van der Waals surface area contributed by atoms with Gasteiger partial charge in [0.25, 0.3) is 0 Å². The number of aliphatic hydroxyl groups is 2. The number of fused-ring (bicyclic) bond motifs is 1. The number of hydrogen-bond acceptors (Lipinski definition) is 4. The predicted molar refractivity (Wildman–Crippen MR) is 80.7 cm³/mol. The second-order valence-corrected chi connectivity index (χ2v) is 4.94. The molecule has 0 spiro atoms. The van der Waals surface area contributed by atoms with Crippen LogP contribution < -0.4 is 5.73 Å². The van der Waals surface area contributed by atoms with Gasteiger partial charge in [0.1, 0.15) is 0 Å². The van der Waals surface area contributed by atoms with E-state index in [9.17, 15) is 4.79 Å². The molecule has 21 heavy (non-hydrogen) atoms. The van der Waals surface area contributed by atoms with Crippen LogP contribution in [0.3, 0.4) is 0 Å². The van der Waals surface area contributed by atoms with Gasteiger partial charge in [0.05, 0.1) is 19.3 Å². The van der Waals surface area contributed by atoms with Gasteiger partial charge in [0.2, 0.25) is 5.91 Å². The zero-order valence-electron chi connectivity index (χ0n) is 11.8. The number of aromatic nitrogens is 1. The lowest BCUT2D eigenvalue weighted by molar-refractivity contribution is -0.133. The summed E-state index contributed by atoms with van der Waals surface area (Å²) in [4.78, 5) is 16.8. The maximum atomic E-state index is 12.3. The van der Waals surface area contributed by atoms with Crippen LogP contribution in [0.4, 0.5) is 0 Å². The number of H-pyrrole nitrogens is 1. The minimum absolute atomic E-state index is 0.147. The van der Waals surface area contributed by atoms with Crippen LogP contribution in [0.15, 0.2) is 30.5 Å². The van der Waals surface area contributed by atoms with Crippen LogP contribution in [0.2, 0.25) is 0 Å². The maximum Gasteiger partial charge on any atom is 0.239 e. The van der Waals surface area contributed by atoms with Gasteiger partial charge in [-0.1, -0.05) is 18.2 Å². The van der Waals surface area contributed by atoms with Gasteiger partial charge >= 0.3 is 0 Å². The van der Waals surface area contributed by atoms with Crippen LogP contribution >= 0.6 is 0 Å². The number of aromatic amines is 1. The predicted octanol–water partition coefficient (Wildman–Crippen LogP) is -0.149. The van der Waals surface area contributed by atoms with Crippen molar-refractivity contribution in [3.8, 4) is 0 Å². The molecular formula is C15H21N3O3. The largest absolute Gasteiger partial charge is 0.395 e. The van der Waals surface area contributed by atoms with Gasteiger partial charge in [0.15, 0.2) is 0 Å². The standard InChI is InChI=1S/C15H21N3O3/c16-13(15(21)18(5-7-19)6-8-20)9-11-10-17-14-4-2-1-3-12(11)14/h1-4,10,13,17,19-20H,5-9,16H2/t13-/m1/s1. The van der Waals surface area contributed by atoms with Gasteiger partial charge in [0, 0.05) is 30.2 Å². The highest BCUT2D eigenvalue weighted by molar-refractivity contribution is 5.86. The molecule has 0 saturated heterocycles. The Morgan fingerprint density at radius 1 is 1.24 bits per heavy atom. The first kappa shape index (κ1) is 15.5. The van der Waals surface area contributed by atoms with Gasteiger partial charge in [-0.15, -0.1) is 0 Å². The number of nitrogens with zero attached hydrogens (tertiary/aromatic N) is 1. The Balaban J connectivity index is 2.09. The zero-order chi connectivity index (χ0) is 15.2. The fourth-order valence-corrected chi connectivity index (χ4v) is 2.43. The van der Waals surface area contributed by atoms with Crippen LogP contribution in [-0.4, -0.2) is 58.3 Å². The van der Waals surface area contributed by atoms with E-state index in [1.54, 1.807) is 0 Å². The third-order valence-electron chi connectivity index (χ3n) is 3.48. The van der Waals surface area contributed by atoms with E-state index in [2.05, 4.69) is 4.98 Å². The van der Waals surface area contributed by atoms with Gasteiger partial charge < -0.3 is 25.8 Å². The van der Waals surface area contributed by atoms with Crippen LogP contribution in [0.1, 0.15) is 5.56 Å². The van der Waals surface area contributed by atoms with E-state index in [1.165, 1.54) is 4.90 Å². The molecule has 1 amide bonds. The maximum absolute atomic E-state index is 12.3. The normalized spacial score (nSPS) is 12.5.